The van der Waals surface area contributed by atoms with Gasteiger partial charge in [-0.2, -0.15) is 21.6 Å². The van der Waals surface area contributed by atoms with Crippen molar-refractivity contribution < 1.29 is 35.3 Å². The van der Waals surface area contributed by atoms with Gasteiger partial charge in [-0.1, -0.05) is 62.4 Å². The number of hydrogen-bond acceptors (Lipinski definition) is 5. The number of halogens is 3. The molecular formula is C21H21F3O5S. The highest BCUT2D eigenvalue weighted by Gasteiger charge is 2.49. The molecular weight excluding hydrogens is 421 g/mol. The minimum absolute atomic E-state index is 0.140. The van der Waals surface area contributed by atoms with Crippen LogP contribution in [0.5, 0.6) is 5.75 Å². The van der Waals surface area contributed by atoms with Gasteiger partial charge in [0.2, 0.25) is 0 Å². The van der Waals surface area contributed by atoms with Gasteiger partial charge in [-0.15, -0.1) is 0 Å². The van der Waals surface area contributed by atoms with Crippen molar-refractivity contribution in [1.82, 2.24) is 0 Å². The smallest absolute Gasteiger partial charge is 0.457 e. The lowest BCUT2D eigenvalue weighted by molar-refractivity contribution is -0.0500. The van der Waals surface area contributed by atoms with Gasteiger partial charge in [-0.25, -0.2) is 4.79 Å². The van der Waals surface area contributed by atoms with E-state index in [0.29, 0.717) is 17.0 Å². The van der Waals surface area contributed by atoms with E-state index in [4.69, 9.17) is 4.74 Å². The molecule has 0 saturated carbocycles. The van der Waals surface area contributed by atoms with Crippen LogP contribution in [-0.4, -0.2) is 19.9 Å². The highest BCUT2D eigenvalue weighted by atomic mass is 32.2. The summed E-state index contributed by atoms with van der Waals surface area (Å²) in [6.07, 6.45) is 4.26. The second-order valence-electron chi connectivity index (χ2n) is 6.83. The van der Waals surface area contributed by atoms with Crippen molar-refractivity contribution in [3.05, 3.63) is 71.3 Å². The maximum Gasteiger partial charge on any atom is 0.534 e. The van der Waals surface area contributed by atoms with Crippen molar-refractivity contribution >= 4 is 22.2 Å². The first-order chi connectivity index (χ1) is 14.0. The third-order valence-electron chi connectivity index (χ3n) is 3.84. The van der Waals surface area contributed by atoms with Crippen molar-refractivity contribution in [3.8, 4) is 5.75 Å². The molecule has 2 aromatic rings. The first-order valence-corrected chi connectivity index (χ1v) is 10.4. The van der Waals surface area contributed by atoms with Gasteiger partial charge < -0.3 is 8.92 Å². The van der Waals surface area contributed by atoms with Gasteiger partial charge in [0.15, 0.2) is 5.75 Å². The molecule has 0 heterocycles. The van der Waals surface area contributed by atoms with Crippen molar-refractivity contribution in [1.29, 1.82) is 0 Å². The predicted molar refractivity (Wildman–Crippen MR) is 106 cm³/mol. The fourth-order valence-corrected chi connectivity index (χ4v) is 2.80. The van der Waals surface area contributed by atoms with Crippen LogP contribution < -0.4 is 4.18 Å². The van der Waals surface area contributed by atoms with Crippen LogP contribution in [0.15, 0.2) is 54.6 Å². The van der Waals surface area contributed by atoms with Gasteiger partial charge in [0.05, 0.1) is 0 Å². The Hall–Kier alpha value is -2.81. The highest BCUT2D eigenvalue weighted by Crippen LogP contribution is 2.30. The molecule has 5 nitrogen and oxygen atoms in total. The predicted octanol–water partition coefficient (Wildman–Crippen LogP) is 5.33. The van der Waals surface area contributed by atoms with Gasteiger partial charge in [-0.3, -0.25) is 0 Å². The SMILES string of the molecule is CC(C)C/C=C/c1ccc(OS(=O)(=O)C(F)(F)F)c(C(=O)OCc2ccccc2)c1. The zero-order chi connectivity index (χ0) is 22.4. The summed E-state index contributed by atoms with van der Waals surface area (Å²) in [5, 5.41) is 0. The summed E-state index contributed by atoms with van der Waals surface area (Å²) in [6, 6.07) is 12.2. The summed E-state index contributed by atoms with van der Waals surface area (Å²) < 4.78 is 70.2. The summed E-state index contributed by atoms with van der Waals surface area (Å²) in [5.41, 5.74) is -4.91. The van der Waals surface area contributed by atoms with E-state index in [9.17, 15) is 26.4 Å². The first kappa shape index (κ1) is 23.5. The largest absolute Gasteiger partial charge is 0.534 e. The third kappa shape index (κ3) is 6.62. The summed E-state index contributed by atoms with van der Waals surface area (Å²) in [7, 11) is -5.94. The fourth-order valence-electron chi connectivity index (χ4n) is 2.33. The Labute approximate surface area is 173 Å². The Morgan fingerprint density at radius 2 is 1.77 bits per heavy atom. The van der Waals surface area contributed by atoms with E-state index in [1.807, 2.05) is 19.9 Å². The fraction of sp³-hybridized carbons (Fsp3) is 0.286. The number of alkyl halides is 3. The van der Waals surface area contributed by atoms with Crippen LogP contribution in [0, 0.1) is 5.92 Å². The van der Waals surface area contributed by atoms with E-state index in [1.165, 1.54) is 12.1 Å². The topological polar surface area (TPSA) is 69.7 Å². The Kier molecular flexibility index (Phi) is 7.66. The molecule has 2 rings (SSSR count). The Morgan fingerprint density at radius 3 is 2.37 bits per heavy atom. The van der Waals surface area contributed by atoms with Gasteiger partial charge in [0.25, 0.3) is 0 Å². The molecule has 0 amide bonds. The monoisotopic (exact) mass is 442 g/mol. The summed E-state index contributed by atoms with van der Waals surface area (Å²) in [6.45, 7) is 3.88. The van der Waals surface area contributed by atoms with Gasteiger partial charge in [0.1, 0.15) is 12.2 Å². The number of ether oxygens (including phenoxy) is 1. The molecule has 30 heavy (non-hydrogen) atoms. The molecule has 0 aliphatic rings. The van der Waals surface area contributed by atoms with Crippen LogP contribution in [0.25, 0.3) is 6.08 Å². The Balaban J connectivity index is 2.33. The molecule has 0 aliphatic heterocycles. The van der Waals surface area contributed by atoms with Crippen LogP contribution in [0.3, 0.4) is 0 Å². The molecule has 0 bridgehead atoms. The van der Waals surface area contributed by atoms with Crippen molar-refractivity contribution in [3.63, 3.8) is 0 Å². The Morgan fingerprint density at radius 1 is 1.10 bits per heavy atom. The van der Waals surface area contributed by atoms with Crippen LogP contribution >= 0.6 is 0 Å². The van der Waals surface area contributed by atoms with Crippen LogP contribution in [0.1, 0.15) is 41.8 Å². The van der Waals surface area contributed by atoms with Gasteiger partial charge in [-0.05, 0) is 35.6 Å². The van der Waals surface area contributed by atoms with Gasteiger partial charge in [0, 0.05) is 0 Å². The van der Waals surface area contributed by atoms with E-state index < -0.39 is 32.9 Å². The summed E-state index contributed by atoms with van der Waals surface area (Å²) in [5.74, 6) is -1.38. The minimum Gasteiger partial charge on any atom is -0.457 e. The summed E-state index contributed by atoms with van der Waals surface area (Å²) >= 11 is 0. The average Bonchev–Trinajstić information content (AvgIpc) is 2.66. The molecule has 0 radical (unpaired) electrons. The Bertz CT molecular complexity index is 997. The third-order valence-corrected chi connectivity index (χ3v) is 4.80. The molecule has 0 unspecified atom stereocenters. The molecule has 2 aromatic carbocycles. The van der Waals surface area contributed by atoms with Crippen molar-refractivity contribution in [2.45, 2.75) is 32.4 Å². The zero-order valence-corrected chi connectivity index (χ0v) is 17.2. The number of hydrogen-bond donors (Lipinski definition) is 0. The zero-order valence-electron chi connectivity index (χ0n) is 16.3. The number of benzene rings is 2. The lowest BCUT2D eigenvalue weighted by Gasteiger charge is -2.13. The number of allylic oxidation sites excluding steroid dienone is 1. The second kappa shape index (κ2) is 9.80. The molecule has 0 atom stereocenters. The molecule has 0 aromatic heterocycles. The number of carbonyl (C=O) groups is 1. The molecule has 0 fully saturated rings. The lowest BCUT2D eigenvalue weighted by Crippen LogP contribution is -2.28. The lowest BCUT2D eigenvalue weighted by atomic mass is 10.1. The van der Waals surface area contributed by atoms with E-state index in [0.717, 1.165) is 12.5 Å². The van der Waals surface area contributed by atoms with Crippen molar-refractivity contribution in [2.75, 3.05) is 0 Å². The van der Waals surface area contributed by atoms with Crippen LogP contribution in [-0.2, 0) is 21.5 Å². The van der Waals surface area contributed by atoms with Gasteiger partial charge >= 0.3 is 21.6 Å². The van der Waals surface area contributed by atoms with E-state index in [1.54, 1.807) is 36.4 Å². The van der Waals surface area contributed by atoms with Crippen LogP contribution in [0.2, 0.25) is 0 Å². The molecule has 0 spiro atoms. The maximum absolute atomic E-state index is 12.7. The normalized spacial score (nSPS) is 12.3. The highest BCUT2D eigenvalue weighted by molar-refractivity contribution is 7.88. The standard InChI is InChI=1S/C21H21F3O5S/c1-15(2)7-6-10-16-11-12-19(29-30(26,27)21(22,23)24)18(13-16)20(25)28-14-17-8-4-3-5-9-17/h3-6,8-13,15H,7,14H2,1-2H3/b10-6+. The molecule has 0 N–H and O–H groups in total. The molecule has 9 heteroatoms. The number of esters is 1. The second-order valence-corrected chi connectivity index (χ2v) is 8.37. The first-order valence-electron chi connectivity index (χ1n) is 9.02. The quantitative estimate of drug-likeness (QED) is 0.314. The minimum atomic E-state index is -5.94. The molecule has 0 saturated heterocycles. The summed E-state index contributed by atoms with van der Waals surface area (Å²) in [4.78, 5) is 12.5. The number of rotatable bonds is 8. The molecule has 162 valence electrons. The average molecular weight is 442 g/mol. The van der Waals surface area contributed by atoms with E-state index in [-0.39, 0.29) is 6.61 Å². The van der Waals surface area contributed by atoms with E-state index in [2.05, 4.69) is 4.18 Å². The van der Waals surface area contributed by atoms with Crippen LogP contribution in [0.4, 0.5) is 13.2 Å². The van der Waals surface area contributed by atoms with E-state index >= 15 is 0 Å². The molecule has 0 aliphatic carbocycles. The van der Waals surface area contributed by atoms with Crippen molar-refractivity contribution in [2.24, 2.45) is 5.92 Å². The maximum atomic E-state index is 12.7. The number of carbonyl (C=O) groups excluding carboxylic acids is 1.